The summed E-state index contributed by atoms with van der Waals surface area (Å²) in [6, 6.07) is 16.2. The number of hydrogen-bond acceptors (Lipinski definition) is 3. The van der Waals surface area contributed by atoms with E-state index < -0.39 is 0 Å². The van der Waals surface area contributed by atoms with E-state index >= 15 is 0 Å². The van der Waals surface area contributed by atoms with Gasteiger partial charge in [0, 0.05) is 13.1 Å². The Bertz CT molecular complexity index is 670. The summed E-state index contributed by atoms with van der Waals surface area (Å²) in [5, 5.41) is 9.06. The Morgan fingerprint density at radius 1 is 1.10 bits per heavy atom. The van der Waals surface area contributed by atoms with Crippen molar-refractivity contribution in [2.75, 3.05) is 17.2 Å². The Balaban J connectivity index is 1.97. The second-order valence-corrected chi connectivity index (χ2v) is 5.18. The second kappa shape index (κ2) is 5.26. The molecule has 0 saturated carbocycles. The van der Waals surface area contributed by atoms with Gasteiger partial charge in [0.15, 0.2) is 0 Å². The molecule has 1 heterocycles. The molecule has 2 aromatic carbocycles. The summed E-state index contributed by atoms with van der Waals surface area (Å²) in [5.74, 6) is 0. The SMILES string of the molecule is N#Cc1ccc(N)c(N2CCCc3ccccc3C2)c1. The number of nitrogen functional groups attached to an aromatic ring is 1. The Morgan fingerprint density at radius 2 is 1.90 bits per heavy atom. The molecule has 0 atom stereocenters. The molecule has 3 heteroatoms. The molecular weight excluding hydrogens is 246 g/mol. The van der Waals surface area contributed by atoms with Crippen molar-refractivity contribution in [3.63, 3.8) is 0 Å². The molecule has 2 N–H and O–H groups in total. The lowest BCUT2D eigenvalue weighted by Gasteiger charge is -2.25. The van der Waals surface area contributed by atoms with E-state index in [1.807, 2.05) is 12.1 Å². The first-order valence-electron chi connectivity index (χ1n) is 6.89. The van der Waals surface area contributed by atoms with Gasteiger partial charge >= 0.3 is 0 Å². The summed E-state index contributed by atoms with van der Waals surface area (Å²) >= 11 is 0. The molecular formula is C17H17N3. The van der Waals surface area contributed by atoms with Gasteiger partial charge in [-0.15, -0.1) is 0 Å². The molecule has 0 amide bonds. The van der Waals surface area contributed by atoms with Gasteiger partial charge < -0.3 is 10.6 Å². The minimum atomic E-state index is 0.659. The molecule has 3 nitrogen and oxygen atoms in total. The smallest absolute Gasteiger partial charge is 0.0992 e. The third kappa shape index (κ3) is 2.33. The molecule has 1 aliphatic rings. The third-order valence-electron chi connectivity index (χ3n) is 3.85. The fraction of sp³-hybridized carbons (Fsp3) is 0.235. The maximum Gasteiger partial charge on any atom is 0.0992 e. The monoisotopic (exact) mass is 263 g/mol. The van der Waals surface area contributed by atoms with Gasteiger partial charge in [-0.2, -0.15) is 5.26 Å². The topological polar surface area (TPSA) is 53.1 Å². The zero-order chi connectivity index (χ0) is 13.9. The molecule has 0 aromatic heterocycles. The van der Waals surface area contributed by atoms with Crippen molar-refractivity contribution in [1.29, 1.82) is 5.26 Å². The van der Waals surface area contributed by atoms with Crippen LogP contribution in [0.15, 0.2) is 42.5 Å². The first-order chi connectivity index (χ1) is 9.78. The molecule has 100 valence electrons. The van der Waals surface area contributed by atoms with E-state index in [1.54, 1.807) is 6.07 Å². The van der Waals surface area contributed by atoms with Gasteiger partial charge in [0.2, 0.25) is 0 Å². The summed E-state index contributed by atoms with van der Waals surface area (Å²) in [6.45, 7) is 1.82. The van der Waals surface area contributed by atoms with E-state index in [4.69, 9.17) is 11.0 Å². The van der Waals surface area contributed by atoms with Crippen molar-refractivity contribution in [3.05, 3.63) is 59.2 Å². The maximum atomic E-state index is 9.06. The molecule has 0 spiro atoms. The molecule has 0 saturated heterocycles. The predicted octanol–water partition coefficient (Wildman–Crippen LogP) is 3.09. The molecule has 0 aliphatic carbocycles. The number of nitrogens with zero attached hydrogens (tertiary/aromatic N) is 2. The lowest BCUT2D eigenvalue weighted by atomic mass is 10.0. The van der Waals surface area contributed by atoms with Crippen LogP contribution in [0.2, 0.25) is 0 Å². The molecule has 0 fully saturated rings. The van der Waals surface area contributed by atoms with Crippen LogP contribution < -0.4 is 10.6 Å². The molecule has 3 rings (SSSR count). The van der Waals surface area contributed by atoms with Gasteiger partial charge in [-0.3, -0.25) is 0 Å². The normalized spacial score (nSPS) is 14.2. The van der Waals surface area contributed by atoms with Gasteiger partial charge in [-0.25, -0.2) is 0 Å². The lowest BCUT2D eigenvalue weighted by molar-refractivity contribution is 0.767. The molecule has 0 radical (unpaired) electrons. The average molecular weight is 263 g/mol. The predicted molar refractivity (Wildman–Crippen MR) is 81.4 cm³/mol. The van der Waals surface area contributed by atoms with Crippen LogP contribution in [0.4, 0.5) is 11.4 Å². The second-order valence-electron chi connectivity index (χ2n) is 5.18. The van der Waals surface area contributed by atoms with Crippen molar-refractivity contribution in [2.24, 2.45) is 0 Å². The first kappa shape index (κ1) is 12.6. The molecule has 20 heavy (non-hydrogen) atoms. The molecule has 1 aliphatic heterocycles. The van der Waals surface area contributed by atoms with Crippen LogP contribution in [0.25, 0.3) is 0 Å². The summed E-state index contributed by atoms with van der Waals surface area (Å²) in [4.78, 5) is 2.28. The number of benzene rings is 2. The minimum absolute atomic E-state index is 0.659. The zero-order valence-corrected chi connectivity index (χ0v) is 11.3. The van der Waals surface area contributed by atoms with Gasteiger partial charge in [0.05, 0.1) is 23.0 Å². The standard InChI is InChI=1S/C17H17N3/c18-11-13-7-8-16(19)17(10-13)20-9-3-6-14-4-1-2-5-15(14)12-20/h1-2,4-5,7-8,10H,3,6,9,12,19H2. The van der Waals surface area contributed by atoms with Gasteiger partial charge in [-0.1, -0.05) is 24.3 Å². The molecule has 0 unspecified atom stereocenters. The number of hydrogen-bond donors (Lipinski definition) is 1. The average Bonchev–Trinajstić information content (AvgIpc) is 2.70. The third-order valence-corrected chi connectivity index (χ3v) is 3.85. The van der Waals surface area contributed by atoms with Crippen molar-refractivity contribution in [2.45, 2.75) is 19.4 Å². The number of anilines is 2. The van der Waals surface area contributed by atoms with E-state index in [1.165, 1.54) is 11.1 Å². The highest BCUT2D eigenvalue weighted by Gasteiger charge is 2.16. The number of rotatable bonds is 1. The lowest BCUT2D eigenvalue weighted by Crippen LogP contribution is -2.23. The van der Waals surface area contributed by atoms with Crippen molar-refractivity contribution >= 4 is 11.4 Å². The molecule has 2 aromatic rings. The Labute approximate surface area is 119 Å². The Hall–Kier alpha value is -2.47. The van der Waals surface area contributed by atoms with Crippen LogP contribution in [0.3, 0.4) is 0 Å². The highest BCUT2D eigenvalue weighted by atomic mass is 15.1. The minimum Gasteiger partial charge on any atom is -0.397 e. The van der Waals surface area contributed by atoms with Crippen LogP contribution in [-0.4, -0.2) is 6.54 Å². The van der Waals surface area contributed by atoms with Crippen LogP contribution in [0.1, 0.15) is 23.1 Å². The van der Waals surface area contributed by atoms with Gasteiger partial charge in [-0.05, 0) is 42.2 Å². The Kier molecular flexibility index (Phi) is 3.30. The van der Waals surface area contributed by atoms with E-state index in [-0.39, 0.29) is 0 Å². The zero-order valence-electron chi connectivity index (χ0n) is 11.3. The van der Waals surface area contributed by atoms with Crippen LogP contribution in [0.5, 0.6) is 0 Å². The highest BCUT2D eigenvalue weighted by Crippen LogP contribution is 2.29. The fourth-order valence-corrected chi connectivity index (χ4v) is 2.79. The molecule has 0 bridgehead atoms. The van der Waals surface area contributed by atoms with Crippen molar-refractivity contribution in [3.8, 4) is 6.07 Å². The van der Waals surface area contributed by atoms with E-state index in [0.29, 0.717) is 5.56 Å². The van der Waals surface area contributed by atoms with Crippen LogP contribution in [0, 0.1) is 11.3 Å². The number of nitrogens with two attached hydrogens (primary N) is 1. The van der Waals surface area contributed by atoms with Gasteiger partial charge in [0.25, 0.3) is 0 Å². The maximum absolute atomic E-state index is 9.06. The highest BCUT2D eigenvalue weighted by molar-refractivity contribution is 5.70. The first-order valence-corrected chi connectivity index (χ1v) is 6.89. The quantitative estimate of drug-likeness (QED) is 0.804. The number of fused-ring (bicyclic) bond motifs is 1. The van der Waals surface area contributed by atoms with Gasteiger partial charge in [0.1, 0.15) is 0 Å². The summed E-state index contributed by atoms with van der Waals surface area (Å²) in [5.41, 5.74) is 11.2. The van der Waals surface area contributed by atoms with E-state index in [0.717, 1.165) is 37.3 Å². The van der Waals surface area contributed by atoms with Crippen LogP contribution >= 0.6 is 0 Å². The van der Waals surface area contributed by atoms with E-state index in [9.17, 15) is 0 Å². The number of aryl methyl sites for hydroxylation is 1. The Morgan fingerprint density at radius 3 is 2.70 bits per heavy atom. The van der Waals surface area contributed by atoms with E-state index in [2.05, 4.69) is 35.2 Å². The number of nitriles is 1. The van der Waals surface area contributed by atoms with Crippen LogP contribution in [-0.2, 0) is 13.0 Å². The summed E-state index contributed by atoms with van der Waals surface area (Å²) in [6.07, 6.45) is 2.21. The fourth-order valence-electron chi connectivity index (χ4n) is 2.79. The van der Waals surface area contributed by atoms with Crippen molar-refractivity contribution < 1.29 is 0 Å². The summed E-state index contributed by atoms with van der Waals surface area (Å²) < 4.78 is 0. The summed E-state index contributed by atoms with van der Waals surface area (Å²) in [7, 11) is 0. The van der Waals surface area contributed by atoms with Crippen molar-refractivity contribution in [1.82, 2.24) is 0 Å². The largest absolute Gasteiger partial charge is 0.397 e.